The highest BCUT2D eigenvalue weighted by molar-refractivity contribution is 6.31. The van der Waals surface area contributed by atoms with Crippen LogP contribution in [0.2, 0.25) is 5.02 Å². The lowest BCUT2D eigenvalue weighted by Crippen LogP contribution is -2.47. The topological polar surface area (TPSA) is 32.8 Å². The summed E-state index contributed by atoms with van der Waals surface area (Å²) < 4.78 is 42.8. The largest absolute Gasteiger partial charge is 0.401 e. The Hall–Kier alpha value is -1.31. The molecule has 0 radical (unpaired) electrons. The van der Waals surface area contributed by atoms with Gasteiger partial charge in [0.1, 0.15) is 13.0 Å². The SMILES string of the molecule is Cc1cc(C(=O)N2CCCC[C@@H]2OCN(C)CC(F)(F)F)ccc1Cl. The minimum atomic E-state index is -4.28. The zero-order chi connectivity index (χ0) is 18.6. The van der Waals surface area contributed by atoms with E-state index in [2.05, 4.69) is 0 Å². The molecule has 1 fully saturated rings. The number of benzene rings is 1. The number of rotatable bonds is 5. The van der Waals surface area contributed by atoms with Crippen LogP contribution < -0.4 is 0 Å². The van der Waals surface area contributed by atoms with Crippen LogP contribution in [0.5, 0.6) is 0 Å². The Bertz CT molecular complexity index is 610. The average Bonchev–Trinajstić information content (AvgIpc) is 2.53. The summed E-state index contributed by atoms with van der Waals surface area (Å²) in [7, 11) is 1.34. The van der Waals surface area contributed by atoms with Crippen LogP contribution in [0.15, 0.2) is 18.2 Å². The molecule has 0 N–H and O–H groups in total. The highest BCUT2D eigenvalue weighted by atomic mass is 35.5. The molecule has 140 valence electrons. The molecular formula is C17H22ClF3N2O2. The van der Waals surface area contributed by atoms with Gasteiger partial charge >= 0.3 is 6.18 Å². The fraction of sp³-hybridized carbons (Fsp3) is 0.588. The van der Waals surface area contributed by atoms with Crippen molar-refractivity contribution in [2.45, 2.75) is 38.6 Å². The Morgan fingerprint density at radius 1 is 1.40 bits per heavy atom. The number of halogens is 4. The Labute approximate surface area is 150 Å². The summed E-state index contributed by atoms with van der Waals surface area (Å²) in [6.45, 7) is 1.10. The molecule has 1 aliphatic heterocycles. The van der Waals surface area contributed by atoms with Gasteiger partial charge in [0.2, 0.25) is 0 Å². The monoisotopic (exact) mass is 378 g/mol. The Balaban J connectivity index is 2.02. The summed E-state index contributed by atoms with van der Waals surface area (Å²) in [5, 5.41) is 0.580. The van der Waals surface area contributed by atoms with E-state index in [4.69, 9.17) is 16.3 Å². The lowest BCUT2D eigenvalue weighted by Gasteiger charge is -2.36. The van der Waals surface area contributed by atoms with E-state index in [0.29, 0.717) is 23.6 Å². The van der Waals surface area contributed by atoms with E-state index in [0.717, 1.165) is 23.3 Å². The van der Waals surface area contributed by atoms with Crippen molar-refractivity contribution in [1.82, 2.24) is 9.80 Å². The van der Waals surface area contributed by atoms with Crippen LogP contribution in [-0.4, -0.2) is 55.0 Å². The number of amides is 1. The third-order valence-electron chi connectivity index (χ3n) is 4.05. The van der Waals surface area contributed by atoms with Crippen LogP contribution >= 0.6 is 11.6 Å². The molecule has 0 aliphatic carbocycles. The molecule has 1 aliphatic rings. The normalized spacial score (nSPS) is 18.7. The number of carbonyl (C=O) groups excluding carboxylic acids is 1. The average molecular weight is 379 g/mol. The fourth-order valence-electron chi connectivity index (χ4n) is 2.82. The molecule has 4 nitrogen and oxygen atoms in total. The molecule has 0 saturated carbocycles. The highest BCUT2D eigenvalue weighted by Crippen LogP contribution is 2.23. The van der Waals surface area contributed by atoms with Gasteiger partial charge in [-0.05, 0) is 57.0 Å². The molecule has 1 amide bonds. The highest BCUT2D eigenvalue weighted by Gasteiger charge is 2.31. The molecule has 1 heterocycles. The van der Waals surface area contributed by atoms with E-state index >= 15 is 0 Å². The van der Waals surface area contributed by atoms with Crippen molar-refractivity contribution < 1.29 is 22.7 Å². The van der Waals surface area contributed by atoms with Gasteiger partial charge in [-0.15, -0.1) is 0 Å². The van der Waals surface area contributed by atoms with Gasteiger partial charge in [0, 0.05) is 17.1 Å². The number of hydrogen-bond acceptors (Lipinski definition) is 3. The summed E-state index contributed by atoms with van der Waals surface area (Å²) in [4.78, 5) is 15.4. The third-order valence-corrected chi connectivity index (χ3v) is 4.47. The maximum atomic E-state index is 12.8. The number of ether oxygens (including phenoxy) is 1. The van der Waals surface area contributed by atoms with Crippen molar-refractivity contribution in [3.63, 3.8) is 0 Å². The van der Waals surface area contributed by atoms with E-state index in [9.17, 15) is 18.0 Å². The van der Waals surface area contributed by atoms with Gasteiger partial charge in [0.25, 0.3) is 5.91 Å². The number of likely N-dealkylation sites (tertiary alicyclic amines) is 1. The summed E-state index contributed by atoms with van der Waals surface area (Å²) >= 11 is 5.99. The Kier molecular flexibility index (Phi) is 6.71. The van der Waals surface area contributed by atoms with Gasteiger partial charge < -0.3 is 9.64 Å². The van der Waals surface area contributed by atoms with E-state index in [-0.39, 0.29) is 12.6 Å². The number of hydrogen-bond donors (Lipinski definition) is 0. The van der Waals surface area contributed by atoms with Gasteiger partial charge in [0.15, 0.2) is 0 Å². The van der Waals surface area contributed by atoms with E-state index < -0.39 is 18.9 Å². The number of alkyl halides is 3. The molecule has 2 rings (SSSR count). The molecular weight excluding hydrogens is 357 g/mol. The summed E-state index contributed by atoms with van der Waals surface area (Å²) in [5.41, 5.74) is 1.30. The van der Waals surface area contributed by atoms with Crippen LogP contribution in [0.4, 0.5) is 13.2 Å². The summed E-state index contributed by atoms with van der Waals surface area (Å²) in [6, 6.07) is 5.03. The van der Waals surface area contributed by atoms with Crippen LogP contribution in [-0.2, 0) is 4.74 Å². The fourth-order valence-corrected chi connectivity index (χ4v) is 2.93. The third kappa shape index (κ3) is 5.87. The molecule has 1 atom stereocenters. The first-order chi connectivity index (χ1) is 11.7. The van der Waals surface area contributed by atoms with E-state index in [1.165, 1.54) is 7.05 Å². The number of piperidine rings is 1. The van der Waals surface area contributed by atoms with Gasteiger partial charge in [-0.1, -0.05) is 11.6 Å². The summed E-state index contributed by atoms with van der Waals surface area (Å²) in [5.74, 6) is -0.192. The molecule has 0 aromatic heterocycles. The maximum absolute atomic E-state index is 12.8. The standard InChI is InChI=1S/C17H22ClF3N2O2/c1-12-9-13(6-7-14(12)18)16(24)23-8-4-3-5-15(23)25-11-22(2)10-17(19,20)21/h6-7,9,15H,3-5,8,10-11H2,1-2H3/t15-/m0/s1. The van der Waals surface area contributed by atoms with Gasteiger partial charge in [0.05, 0.1) is 6.54 Å². The van der Waals surface area contributed by atoms with E-state index in [1.54, 1.807) is 23.1 Å². The molecule has 1 aromatic rings. The van der Waals surface area contributed by atoms with Crippen LogP contribution in [0, 0.1) is 6.92 Å². The summed E-state index contributed by atoms with van der Waals surface area (Å²) in [6.07, 6.45) is -2.47. The number of nitrogens with zero attached hydrogens (tertiary/aromatic N) is 2. The van der Waals surface area contributed by atoms with E-state index in [1.807, 2.05) is 6.92 Å². The van der Waals surface area contributed by atoms with Gasteiger partial charge in [-0.2, -0.15) is 13.2 Å². The lowest BCUT2D eigenvalue weighted by atomic mass is 10.1. The van der Waals surface area contributed by atoms with Crippen LogP contribution in [0.3, 0.4) is 0 Å². The van der Waals surface area contributed by atoms with Crippen molar-refractivity contribution >= 4 is 17.5 Å². The first-order valence-electron chi connectivity index (χ1n) is 8.11. The smallest absolute Gasteiger partial charge is 0.343 e. The second kappa shape index (κ2) is 8.38. The van der Waals surface area contributed by atoms with Crippen molar-refractivity contribution in [3.05, 3.63) is 34.3 Å². The zero-order valence-electron chi connectivity index (χ0n) is 14.3. The second-order valence-corrected chi connectivity index (χ2v) is 6.75. The lowest BCUT2D eigenvalue weighted by molar-refractivity contribution is -0.165. The Morgan fingerprint density at radius 3 is 2.76 bits per heavy atom. The Morgan fingerprint density at radius 2 is 2.12 bits per heavy atom. The first kappa shape index (κ1) is 20.0. The maximum Gasteiger partial charge on any atom is 0.401 e. The van der Waals surface area contributed by atoms with Crippen molar-refractivity contribution in [3.8, 4) is 0 Å². The predicted molar refractivity (Wildman–Crippen MR) is 89.5 cm³/mol. The van der Waals surface area contributed by atoms with Gasteiger partial charge in [-0.3, -0.25) is 9.69 Å². The molecule has 8 heteroatoms. The van der Waals surface area contributed by atoms with Crippen LogP contribution in [0.1, 0.15) is 35.2 Å². The molecule has 25 heavy (non-hydrogen) atoms. The molecule has 0 spiro atoms. The minimum Gasteiger partial charge on any atom is -0.343 e. The van der Waals surface area contributed by atoms with Crippen molar-refractivity contribution in [2.75, 3.05) is 26.9 Å². The number of carbonyl (C=O) groups is 1. The van der Waals surface area contributed by atoms with Crippen molar-refractivity contribution in [1.29, 1.82) is 0 Å². The molecule has 0 unspecified atom stereocenters. The quantitative estimate of drug-likeness (QED) is 0.724. The predicted octanol–water partition coefficient (Wildman–Crippen LogP) is 4.07. The van der Waals surface area contributed by atoms with Crippen molar-refractivity contribution in [2.24, 2.45) is 0 Å². The zero-order valence-corrected chi connectivity index (χ0v) is 15.0. The number of aryl methyl sites for hydroxylation is 1. The molecule has 0 bridgehead atoms. The first-order valence-corrected chi connectivity index (χ1v) is 8.49. The molecule has 1 saturated heterocycles. The minimum absolute atomic E-state index is 0.187. The van der Waals surface area contributed by atoms with Gasteiger partial charge in [-0.25, -0.2) is 0 Å². The second-order valence-electron chi connectivity index (χ2n) is 6.34. The molecule has 1 aromatic carbocycles. The van der Waals surface area contributed by atoms with Crippen LogP contribution in [0.25, 0.3) is 0 Å².